The molecular weight excluding hydrogens is 256 g/mol. The van der Waals surface area contributed by atoms with Crippen LogP contribution in [0.3, 0.4) is 0 Å². The monoisotopic (exact) mass is 270 g/mol. The summed E-state index contributed by atoms with van der Waals surface area (Å²) in [4.78, 5) is 9.81. The van der Waals surface area contributed by atoms with Crippen molar-refractivity contribution in [2.24, 2.45) is 0 Å². The minimum atomic E-state index is -0.0472. The van der Waals surface area contributed by atoms with Crippen molar-refractivity contribution in [3.63, 3.8) is 0 Å². The first kappa shape index (κ1) is 12.7. The van der Waals surface area contributed by atoms with Gasteiger partial charge in [-0.05, 0) is 24.8 Å². The van der Waals surface area contributed by atoms with Gasteiger partial charge in [0.2, 0.25) is 0 Å². The first-order chi connectivity index (χ1) is 8.26. The highest BCUT2D eigenvalue weighted by Gasteiger charge is 2.16. The van der Waals surface area contributed by atoms with Crippen LogP contribution in [0.15, 0.2) is 11.4 Å². The summed E-state index contributed by atoms with van der Waals surface area (Å²) < 4.78 is 5.67. The number of rotatable bonds is 5. The molecule has 2 aromatic heterocycles. The van der Waals surface area contributed by atoms with Gasteiger partial charge in [-0.15, -0.1) is 11.3 Å². The summed E-state index contributed by atoms with van der Waals surface area (Å²) in [5, 5.41) is 3.42. The van der Waals surface area contributed by atoms with Gasteiger partial charge in [-0.25, -0.2) is 9.97 Å². The SMILES string of the molecule is CCCC(OCC)c1nc(Cl)c2ccsc2n1. The van der Waals surface area contributed by atoms with Gasteiger partial charge in [0, 0.05) is 12.0 Å². The van der Waals surface area contributed by atoms with Crippen molar-refractivity contribution in [2.45, 2.75) is 32.8 Å². The number of nitrogens with zero attached hydrogens (tertiary/aromatic N) is 2. The second-order valence-electron chi connectivity index (χ2n) is 3.74. The number of hydrogen-bond acceptors (Lipinski definition) is 4. The second-order valence-corrected chi connectivity index (χ2v) is 5.00. The van der Waals surface area contributed by atoms with E-state index in [1.807, 2.05) is 18.4 Å². The molecule has 0 aliphatic heterocycles. The fourth-order valence-electron chi connectivity index (χ4n) is 1.73. The van der Waals surface area contributed by atoms with Gasteiger partial charge in [0.15, 0.2) is 5.82 Å². The zero-order chi connectivity index (χ0) is 12.3. The maximum absolute atomic E-state index is 6.15. The lowest BCUT2D eigenvalue weighted by atomic mass is 10.2. The Morgan fingerprint density at radius 1 is 1.41 bits per heavy atom. The third-order valence-electron chi connectivity index (χ3n) is 2.50. The van der Waals surface area contributed by atoms with E-state index in [1.165, 1.54) is 0 Å². The number of thiophene rings is 1. The topological polar surface area (TPSA) is 35.0 Å². The summed E-state index contributed by atoms with van der Waals surface area (Å²) in [6.07, 6.45) is 1.91. The van der Waals surface area contributed by atoms with E-state index in [0.29, 0.717) is 17.6 Å². The lowest BCUT2D eigenvalue weighted by Gasteiger charge is -2.14. The van der Waals surface area contributed by atoms with E-state index in [9.17, 15) is 0 Å². The average molecular weight is 271 g/mol. The summed E-state index contributed by atoms with van der Waals surface area (Å²) in [6.45, 7) is 4.76. The Bertz CT molecular complexity index is 494. The molecule has 0 bridgehead atoms. The molecule has 0 aliphatic rings. The third kappa shape index (κ3) is 2.76. The molecule has 0 aliphatic carbocycles. The molecule has 0 fully saturated rings. The van der Waals surface area contributed by atoms with Crippen molar-refractivity contribution in [2.75, 3.05) is 6.61 Å². The fourth-order valence-corrected chi connectivity index (χ4v) is 2.80. The van der Waals surface area contributed by atoms with Crippen LogP contribution in [0.2, 0.25) is 5.15 Å². The minimum absolute atomic E-state index is 0.0472. The maximum atomic E-state index is 6.15. The molecule has 2 aromatic rings. The van der Waals surface area contributed by atoms with Gasteiger partial charge < -0.3 is 4.74 Å². The van der Waals surface area contributed by atoms with E-state index < -0.39 is 0 Å². The molecule has 1 unspecified atom stereocenters. The summed E-state index contributed by atoms with van der Waals surface area (Å²) in [5.74, 6) is 0.702. The standard InChI is InChI=1S/C12H15ClN2OS/c1-3-5-9(16-4-2)11-14-10(13)8-6-7-17-12(8)15-11/h6-7,9H,3-5H2,1-2H3. The normalized spacial score (nSPS) is 13.1. The fraction of sp³-hybridized carbons (Fsp3) is 0.500. The highest BCUT2D eigenvalue weighted by atomic mass is 35.5. The lowest BCUT2D eigenvalue weighted by molar-refractivity contribution is 0.0497. The molecule has 0 aromatic carbocycles. The van der Waals surface area contributed by atoms with Crippen LogP contribution in [0.25, 0.3) is 10.2 Å². The molecule has 92 valence electrons. The smallest absolute Gasteiger partial charge is 0.160 e. The van der Waals surface area contributed by atoms with E-state index in [1.54, 1.807) is 11.3 Å². The molecule has 1 atom stereocenters. The highest BCUT2D eigenvalue weighted by Crippen LogP contribution is 2.28. The first-order valence-corrected chi connectivity index (χ1v) is 7.04. The van der Waals surface area contributed by atoms with E-state index >= 15 is 0 Å². The van der Waals surface area contributed by atoms with Crippen molar-refractivity contribution >= 4 is 33.2 Å². The summed E-state index contributed by atoms with van der Waals surface area (Å²) >= 11 is 7.73. The molecule has 0 radical (unpaired) electrons. The molecule has 2 heterocycles. The zero-order valence-electron chi connectivity index (χ0n) is 9.94. The highest BCUT2D eigenvalue weighted by molar-refractivity contribution is 7.16. The van der Waals surface area contributed by atoms with E-state index in [0.717, 1.165) is 23.1 Å². The van der Waals surface area contributed by atoms with Crippen LogP contribution in [-0.2, 0) is 4.74 Å². The lowest BCUT2D eigenvalue weighted by Crippen LogP contribution is -2.08. The van der Waals surface area contributed by atoms with Gasteiger partial charge in [0.25, 0.3) is 0 Å². The molecule has 0 N–H and O–H groups in total. The van der Waals surface area contributed by atoms with Gasteiger partial charge >= 0.3 is 0 Å². The summed E-state index contributed by atoms with van der Waals surface area (Å²) in [7, 11) is 0. The Balaban J connectivity index is 2.38. The van der Waals surface area contributed by atoms with E-state index in [2.05, 4.69) is 16.9 Å². The molecule has 2 rings (SSSR count). The van der Waals surface area contributed by atoms with Crippen molar-refractivity contribution in [3.05, 3.63) is 22.4 Å². The van der Waals surface area contributed by atoms with Crippen LogP contribution in [0.1, 0.15) is 38.6 Å². The molecule has 17 heavy (non-hydrogen) atoms. The quantitative estimate of drug-likeness (QED) is 0.763. The van der Waals surface area contributed by atoms with Crippen molar-refractivity contribution in [1.29, 1.82) is 0 Å². The van der Waals surface area contributed by atoms with Crippen LogP contribution in [0.5, 0.6) is 0 Å². The Labute approximate surface area is 110 Å². The van der Waals surface area contributed by atoms with Gasteiger partial charge in [-0.2, -0.15) is 0 Å². The van der Waals surface area contributed by atoms with Crippen LogP contribution in [-0.4, -0.2) is 16.6 Å². The molecule has 0 saturated heterocycles. The van der Waals surface area contributed by atoms with Crippen LogP contribution >= 0.6 is 22.9 Å². The Kier molecular flexibility index (Phi) is 4.31. The Morgan fingerprint density at radius 2 is 2.24 bits per heavy atom. The Hall–Kier alpha value is -0.710. The van der Waals surface area contributed by atoms with Crippen LogP contribution < -0.4 is 0 Å². The van der Waals surface area contributed by atoms with Crippen LogP contribution in [0.4, 0.5) is 0 Å². The van der Waals surface area contributed by atoms with Gasteiger partial charge in [-0.1, -0.05) is 24.9 Å². The number of halogens is 1. The summed E-state index contributed by atoms with van der Waals surface area (Å²) in [5.41, 5.74) is 0. The zero-order valence-corrected chi connectivity index (χ0v) is 11.5. The molecule has 0 amide bonds. The largest absolute Gasteiger partial charge is 0.371 e. The van der Waals surface area contributed by atoms with Crippen molar-refractivity contribution in [1.82, 2.24) is 9.97 Å². The molecule has 0 spiro atoms. The number of ether oxygens (including phenoxy) is 1. The molecule has 3 nitrogen and oxygen atoms in total. The molecule has 0 saturated carbocycles. The summed E-state index contributed by atoms with van der Waals surface area (Å²) in [6, 6.07) is 1.95. The van der Waals surface area contributed by atoms with Crippen LogP contribution in [0, 0.1) is 0 Å². The number of hydrogen-bond donors (Lipinski definition) is 0. The maximum Gasteiger partial charge on any atom is 0.160 e. The Morgan fingerprint density at radius 3 is 2.94 bits per heavy atom. The van der Waals surface area contributed by atoms with Gasteiger partial charge in [0.1, 0.15) is 16.1 Å². The minimum Gasteiger partial charge on any atom is -0.371 e. The first-order valence-electron chi connectivity index (χ1n) is 5.78. The molecule has 5 heteroatoms. The van der Waals surface area contributed by atoms with Gasteiger partial charge in [0.05, 0.1) is 0 Å². The predicted octanol–water partition coefficient (Wildman–Crippen LogP) is 4.22. The van der Waals surface area contributed by atoms with E-state index in [4.69, 9.17) is 16.3 Å². The predicted molar refractivity (Wildman–Crippen MR) is 71.7 cm³/mol. The second kappa shape index (κ2) is 5.76. The van der Waals surface area contributed by atoms with Crippen molar-refractivity contribution < 1.29 is 4.74 Å². The van der Waals surface area contributed by atoms with Crippen molar-refractivity contribution in [3.8, 4) is 0 Å². The van der Waals surface area contributed by atoms with Gasteiger partial charge in [-0.3, -0.25) is 0 Å². The average Bonchev–Trinajstić information content (AvgIpc) is 2.77. The molecular formula is C12H15ClN2OS. The number of fused-ring (bicyclic) bond motifs is 1. The van der Waals surface area contributed by atoms with E-state index in [-0.39, 0.29) is 6.10 Å². The third-order valence-corrected chi connectivity index (χ3v) is 3.60. The number of aromatic nitrogens is 2.